The number of rotatable bonds is 2. The number of halogens is 1. The van der Waals surface area contributed by atoms with E-state index in [1.807, 2.05) is 30.3 Å². The van der Waals surface area contributed by atoms with E-state index in [1.54, 1.807) is 12.1 Å². The van der Waals surface area contributed by atoms with Crippen LogP contribution in [0.25, 0.3) is 11.1 Å². The predicted octanol–water partition coefficient (Wildman–Crippen LogP) is 4.34. The number of hydrogen-bond acceptors (Lipinski definition) is 1. The molecule has 2 aromatic carbocycles. The first-order valence-electron chi connectivity index (χ1n) is 6.31. The molecule has 1 heterocycles. The van der Waals surface area contributed by atoms with E-state index in [-0.39, 0.29) is 11.9 Å². The van der Waals surface area contributed by atoms with Crippen LogP contribution in [0.1, 0.15) is 24.5 Å². The summed E-state index contributed by atoms with van der Waals surface area (Å²) >= 11 is 0. The first-order chi connectivity index (χ1) is 8.84. The molecule has 1 atom stereocenters. The van der Waals surface area contributed by atoms with Gasteiger partial charge >= 0.3 is 0 Å². The normalized spacial score (nSPS) is 19.1. The summed E-state index contributed by atoms with van der Waals surface area (Å²) in [5.74, 6) is -0.178. The van der Waals surface area contributed by atoms with Gasteiger partial charge in [0.2, 0.25) is 0 Å². The topological polar surface area (TPSA) is 9.23 Å². The van der Waals surface area contributed by atoms with Crippen molar-refractivity contribution in [2.75, 3.05) is 6.61 Å². The Kier molecular flexibility index (Phi) is 3.11. The van der Waals surface area contributed by atoms with Gasteiger partial charge in [-0.25, -0.2) is 4.39 Å². The van der Waals surface area contributed by atoms with Crippen molar-refractivity contribution in [2.24, 2.45) is 0 Å². The first kappa shape index (κ1) is 11.4. The Morgan fingerprint density at radius 2 is 1.78 bits per heavy atom. The first-order valence-corrected chi connectivity index (χ1v) is 6.31. The Hall–Kier alpha value is -1.67. The van der Waals surface area contributed by atoms with Crippen molar-refractivity contribution < 1.29 is 9.13 Å². The lowest BCUT2D eigenvalue weighted by Crippen LogP contribution is -1.95. The van der Waals surface area contributed by atoms with E-state index < -0.39 is 0 Å². The van der Waals surface area contributed by atoms with E-state index in [0.29, 0.717) is 5.56 Å². The van der Waals surface area contributed by atoms with Gasteiger partial charge in [-0.1, -0.05) is 42.5 Å². The van der Waals surface area contributed by atoms with Crippen molar-refractivity contribution in [1.82, 2.24) is 0 Å². The summed E-state index contributed by atoms with van der Waals surface area (Å²) in [6.45, 7) is 0.847. The molecule has 1 unspecified atom stereocenters. The lowest BCUT2D eigenvalue weighted by Gasteiger charge is -2.10. The maximum absolute atomic E-state index is 13.7. The number of benzene rings is 2. The summed E-state index contributed by atoms with van der Waals surface area (Å²) in [6, 6.07) is 14.9. The number of ether oxygens (including phenoxy) is 1. The molecule has 0 saturated carbocycles. The van der Waals surface area contributed by atoms with E-state index in [0.717, 1.165) is 25.0 Å². The Morgan fingerprint density at radius 1 is 1.00 bits per heavy atom. The van der Waals surface area contributed by atoms with Crippen LogP contribution >= 0.6 is 0 Å². The van der Waals surface area contributed by atoms with Crippen molar-refractivity contribution >= 4 is 0 Å². The summed E-state index contributed by atoms with van der Waals surface area (Å²) < 4.78 is 19.3. The van der Waals surface area contributed by atoms with Crippen molar-refractivity contribution in [3.05, 3.63) is 59.9 Å². The summed E-state index contributed by atoms with van der Waals surface area (Å²) in [5.41, 5.74) is 2.75. The Bertz CT molecular complexity index is 527. The molecule has 0 amide bonds. The van der Waals surface area contributed by atoms with Crippen molar-refractivity contribution in [1.29, 1.82) is 0 Å². The minimum Gasteiger partial charge on any atom is -0.374 e. The van der Waals surface area contributed by atoms with Crippen LogP contribution in [0, 0.1) is 5.82 Å². The van der Waals surface area contributed by atoms with Gasteiger partial charge in [0.05, 0.1) is 6.10 Å². The zero-order valence-electron chi connectivity index (χ0n) is 10.1. The number of hydrogen-bond donors (Lipinski definition) is 0. The average Bonchev–Trinajstić information content (AvgIpc) is 2.94. The van der Waals surface area contributed by atoms with Crippen molar-refractivity contribution in [3.8, 4) is 11.1 Å². The van der Waals surface area contributed by atoms with Gasteiger partial charge in [0.15, 0.2) is 0 Å². The van der Waals surface area contributed by atoms with Gasteiger partial charge in [0.25, 0.3) is 0 Å². The summed E-state index contributed by atoms with van der Waals surface area (Å²) in [5, 5.41) is 0. The molecule has 2 heteroatoms. The fraction of sp³-hybridized carbons (Fsp3) is 0.250. The van der Waals surface area contributed by atoms with Gasteiger partial charge in [-0.05, 0) is 30.0 Å². The molecule has 18 heavy (non-hydrogen) atoms. The third-order valence-electron chi connectivity index (χ3n) is 3.40. The Labute approximate surface area is 106 Å². The molecule has 1 saturated heterocycles. The quantitative estimate of drug-likeness (QED) is 0.761. The van der Waals surface area contributed by atoms with Gasteiger partial charge in [0, 0.05) is 12.2 Å². The van der Waals surface area contributed by atoms with Crippen molar-refractivity contribution in [2.45, 2.75) is 18.9 Å². The van der Waals surface area contributed by atoms with Crippen LogP contribution in [0.4, 0.5) is 4.39 Å². The summed E-state index contributed by atoms with van der Waals surface area (Å²) in [7, 11) is 0. The van der Waals surface area contributed by atoms with E-state index in [4.69, 9.17) is 4.74 Å². The highest BCUT2D eigenvalue weighted by molar-refractivity contribution is 5.64. The maximum atomic E-state index is 13.7. The fourth-order valence-electron chi connectivity index (χ4n) is 2.41. The largest absolute Gasteiger partial charge is 0.374 e. The second-order valence-electron chi connectivity index (χ2n) is 4.60. The third-order valence-corrected chi connectivity index (χ3v) is 3.40. The second kappa shape index (κ2) is 4.91. The molecule has 0 N–H and O–H groups in total. The molecule has 1 nitrogen and oxygen atoms in total. The highest BCUT2D eigenvalue weighted by Crippen LogP contribution is 2.30. The maximum Gasteiger partial charge on any atom is 0.131 e. The standard InChI is InChI=1S/C16H15FO/c17-15-5-2-1-4-14(15)12-7-9-13(10-8-12)16-6-3-11-18-16/h1-2,4-5,7-10,16H,3,6,11H2. The predicted molar refractivity (Wildman–Crippen MR) is 69.8 cm³/mol. The molecular formula is C16H15FO. The van der Waals surface area contributed by atoms with Crippen LogP contribution in [0.3, 0.4) is 0 Å². The Balaban J connectivity index is 1.89. The van der Waals surface area contributed by atoms with E-state index in [9.17, 15) is 4.39 Å². The molecule has 0 spiro atoms. The molecule has 0 bridgehead atoms. The smallest absolute Gasteiger partial charge is 0.131 e. The summed E-state index contributed by atoms with van der Waals surface area (Å²) in [6.07, 6.45) is 2.43. The van der Waals surface area contributed by atoms with Crippen molar-refractivity contribution in [3.63, 3.8) is 0 Å². The molecular weight excluding hydrogens is 227 g/mol. The Morgan fingerprint density at radius 3 is 2.44 bits per heavy atom. The minimum atomic E-state index is -0.178. The minimum absolute atomic E-state index is 0.178. The monoisotopic (exact) mass is 242 g/mol. The van der Waals surface area contributed by atoms with Gasteiger partial charge in [0.1, 0.15) is 5.82 Å². The van der Waals surface area contributed by atoms with E-state index in [1.165, 1.54) is 11.6 Å². The van der Waals surface area contributed by atoms with E-state index in [2.05, 4.69) is 0 Å². The SMILES string of the molecule is Fc1ccccc1-c1ccc(C2CCCO2)cc1. The summed E-state index contributed by atoms with van der Waals surface area (Å²) in [4.78, 5) is 0. The van der Waals surface area contributed by atoms with Crippen LogP contribution in [0.15, 0.2) is 48.5 Å². The van der Waals surface area contributed by atoms with Gasteiger partial charge < -0.3 is 4.74 Å². The molecule has 1 fully saturated rings. The van der Waals surface area contributed by atoms with E-state index >= 15 is 0 Å². The molecule has 0 aliphatic carbocycles. The molecule has 0 aromatic heterocycles. The second-order valence-corrected chi connectivity index (χ2v) is 4.60. The lowest BCUT2D eigenvalue weighted by atomic mass is 10.0. The molecule has 2 aromatic rings. The molecule has 0 radical (unpaired) electrons. The van der Waals surface area contributed by atoms with Crippen LogP contribution < -0.4 is 0 Å². The van der Waals surface area contributed by atoms with Crippen LogP contribution in [-0.2, 0) is 4.74 Å². The highest BCUT2D eigenvalue weighted by Gasteiger charge is 2.17. The van der Waals surface area contributed by atoms with Gasteiger partial charge in [-0.3, -0.25) is 0 Å². The average molecular weight is 242 g/mol. The molecule has 92 valence electrons. The van der Waals surface area contributed by atoms with Gasteiger partial charge in [-0.15, -0.1) is 0 Å². The molecule has 3 rings (SSSR count). The lowest BCUT2D eigenvalue weighted by molar-refractivity contribution is 0.112. The van der Waals surface area contributed by atoms with Crippen LogP contribution in [0.2, 0.25) is 0 Å². The third kappa shape index (κ3) is 2.16. The zero-order chi connectivity index (χ0) is 12.4. The highest BCUT2D eigenvalue weighted by atomic mass is 19.1. The molecule has 1 aliphatic rings. The fourth-order valence-corrected chi connectivity index (χ4v) is 2.41. The van der Waals surface area contributed by atoms with Crippen LogP contribution in [0.5, 0.6) is 0 Å². The van der Waals surface area contributed by atoms with Gasteiger partial charge in [-0.2, -0.15) is 0 Å². The van der Waals surface area contributed by atoms with Crippen LogP contribution in [-0.4, -0.2) is 6.61 Å². The molecule has 1 aliphatic heterocycles. The zero-order valence-corrected chi connectivity index (χ0v) is 10.1.